The molecule has 1 aliphatic carbocycles. The molecule has 0 aromatic heterocycles. The van der Waals surface area contributed by atoms with Crippen LogP contribution in [0.2, 0.25) is 0 Å². The zero-order valence-electron chi connectivity index (χ0n) is 15.6. The summed E-state index contributed by atoms with van der Waals surface area (Å²) in [6.45, 7) is 6.67. The van der Waals surface area contributed by atoms with Crippen LogP contribution in [-0.4, -0.2) is 56.9 Å². The number of rotatable bonds is 10. The lowest BCUT2D eigenvalue weighted by Crippen LogP contribution is -2.47. The predicted octanol–water partition coefficient (Wildman–Crippen LogP) is 3.00. The van der Waals surface area contributed by atoms with E-state index in [-0.39, 0.29) is 12.1 Å². The Morgan fingerprint density at radius 2 is 1.91 bits per heavy atom. The number of amides is 2. The third-order valence-corrected chi connectivity index (χ3v) is 4.19. The molecule has 1 rings (SSSR count). The number of hydrogen-bond acceptors (Lipinski definition) is 3. The number of ether oxygens (including phenoxy) is 1. The second kappa shape index (κ2) is 11.7. The van der Waals surface area contributed by atoms with E-state index in [1.54, 1.807) is 0 Å². The van der Waals surface area contributed by atoms with Crippen LogP contribution in [0, 0.1) is 5.92 Å². The molecule has 0 saturated heterocycles. The SMILES string of the molecule is CC(C)CC(CN(C)C)NC(=O)NCCCOC1CCCCC1. The van der Waals surface area contributed by atoms with Crippen molar-refractivity contribution in [2.24, 2.45) is 5.92 Å². The Hall–Kier alpha value is -0.810. The van der Waals surface area contributed by atoms with Gasteiger partial charge in [0.15, 0.2) is 0 Å². The van der Waals surface area contributed by atoms with Gasteiger partial charge in [0.25, 0.3) is 0 Å². The molecule has 5 nitrogen and oxygen atoms in total. The van der Waals surface area contributed by atoms with E-state index in [9.17, 15) is 4.79 Å². The van der Waals surface area contributed by atoms with E-state index in [1.165, 1.54) is 32.1 Å². The zero-order chi connectivity index (χ0) is 17.1. The van der Waals surface area contributed by atoms with Crippen molar-refractivity contribution in [2.45, 2.75) is 70.9 Å². The summed E-state index contributed by atoms with van der Waals surface area (Å²) in [4.78, 5) is 14.1. The maximum atomic E-state index is 12.0. The van der Waals surface area contributed by atoms with Crippen molar-refractivity contribution in [3.8, 4) is 0 Å². The first-order valence-electron chi connectivity index (χ1n) is 9.28. The van der Waals surface area contributed by atoms with E-state index in [1.807, 2.05) is 14.1 Å². The predicted molar refractivity (Wildman–Crippen MR) is 95.8 cm³/mol. The van der Waals surface area contributed by atoms with Gasteiger partial charge < -0.3 is 20.3 Å². The van der Waals surface area contributed by atoms with Gasteiger partial charge in [-0.3, -0.25) is 0 Å². The number of likely N-dealkylation sites (N-methyl/N-ethyl adjacent to an activating group) is 1. The zero-order valence-corrected chi connectivity index (χ0v) is 15.6. The van der Waals surface area contributed by atoms with Crippen LogP contribution in [0.25, 0.3) is 0 Å². The largest absolute Gasteiger partial charge is 0.378 e. The number of urea groups is 1. The van der Waals surface area contributed by atoms with Gasteiger partial charge >= 0.3 is 6.03 Å². The van der Waals surface area contributed by atoms with E-state index in [4.69, 9.17) is 4.74 Å². The fraction of sp³-hybridized carbons (Fsp3) is 0.944. The molecule has 0 bridgehead atoms. The van der Waals surface area contributed by atoms with Gasteiger partial charge in [0.05, 0.1) is 6.10 Å². The minimum absolute atomic E-state index is 0.0600. The lowest BCUT2D eigenvalue weighted by atomic mass is 9.98. The molecular weight excluding hydrogens is 290 g/mol. The van der Waals surface area contributed by atoms with Crippen LogP contribution in [0.4, 0.5) is 4.79 Å². The van der Waals surface area contributed by atoms with Gasteiger partial charge in [0.1, 0.15) is 0 Å². The second-order valence-electron chi connectivity index (χ2n) is 7.47. The van der Waals surface area contributed by atoms with Crippen molar-refractivity contribution >= 4 is 6.03 Å². The van der Waals surface area contributed by atoms with Gasteiger partial charge in [-0.05, 0) is 45.7 Å². The van der Waals surface area contributed by atoms with Gasteiger partial charge in [0.2, 0.25) is 0 Å². The molecule has 1 aliphatic rings. The van der Waals surface area contributed by atoms with Gasteiger partial charge in [-0.15, -0.1) is 0 Å². The molecule has 23 heavy (non-hydrogen) atoms. The molecule has 0 aliphatic heterocycles. The van der Waals surface area contributed by atoms with E-state index in [0.717, 1.165) is 26.0 Å². The maximum Gasteiger partial charge on any atom is 0.315 e. The van der Waals surface area contributed by atoms with Gasteiger partial charge in [-0.25, -0.2) is 4.79 Å². The summed E-state index contributed by atoms with van der Waals surface area (Å²) in [7, 11) is 4.07. The highest BCUT2D eigenvalue weighted by atomic mass is 16.5. The highest BCUT2D eigenvalue weighted by Gasteiger charge is 2.15. The maximum absolute atomic E-state index is 12.0. The van der Waals surface area contributed by atoms with Gasteiger partial charge in [-0.1, -0.05) is 33.1 Å². The molecule has 1 saturated carbocycles. The quantitative estimate of drug-likeness (QED) is 0.607. The minimum atomic E-state index is -0.0600. The number of nitrogens with zero attached hydrogens (tertiary/aromatic N) is 1. The van der Waals surface area contributed by atoms with E-state index >= 15 is 0 Å². The van der Waals surface area contributed by atoms with Crippen molar-refractivity contribution in [3.05, 3.63) is 0 Å². The average molecular weight is 328 g/mol. The first-order chi connectivity index (χ1) is 11.0. The highest BCUT2D eigenvalue weighted by molar-refractivity contribution is 5.74. The molecule has 5 heteroatoms. The molecule has 2 N–H and O–H groups in total. The van der Waals surface area contributed by atoms with E-state index < -0.39 is 0 Å². The first-order valence-corrected chi connectivity index (χ1v) is 9.28. The summed E-state index contributed by atoms with van der Waals surface area (Å²) >= 11 is 0. The Kier molecular flexibility index (Phi) is 10.3. The number of hydrogen-bond donors (Lipinski definition) is 2. The summed E-state index contributed by atoms with van der Waals surface area (Å²) < 4.78 is 5.87. The Bertz CT molecular complexity index is 305. The van der Waals surface area contributed by atoms with Crippen LogP contribution in [0.5, 0.6) is 0 Å². The Labute approximate surface area is 142 Å². The molecule has 1 unspecified atom stereocenters. The van der Waals surface area contributed by atoms with E-state index in [2.05, 4.69) is 29.4 Å². The Morgan fingerprint density at radius 3 is 2.52 bits per heavy atom. The van der Waals surface area contributed by atoms with Crippen molar-refractivity contribution < 1.29 is 9.53 Å². The molecule has 0 radical (unpaired) electrons. The lowest BCUT2D eigenvalue weighted by Gasteiger charge is -2.24. The standard InChI is InChI=1S/C18H37N3O2/c1-15(2)13-16(14-21(3)4)20-18(22)19-11-8-12-23-17-9-6-5-7-10-17/h15-17H,5-14H2,1-4H3,(H2,19,20,22). The third kappa shape index (κ3) is 10.6. The van der Waals surface area contributed by atoms with Crippen molar-refractivity contribution in [1.29, 1.82) is 0 Å². The fourth-order valence-corrected chi connectivity index (χ4v) is 3.18. The minimum Gasteiger partial charge on any atom is -0.378 e. The Morgan fingerprint density at radius 1 is 1.22 bits per heavy atom. The van der Waals surface area contributed by atoms with Crippen LogP contribution in [-0.2, 0) is 4.74 Å². The molecule has 0 spiro atoms. The average Bonchev–Trinajstić information content (AvgIpc) is 2.46. The van der Waals surface area contributed by atoms with E-state index in [0.29, 0.717) is 18.6 Å². The number of carbonyl (C=O) groups is 1. The molecule has 2 amide bonds. The fourth-order valence-electron chi connectivity index (χ4n) is 3.18. The molecule has 136 valence electrons. The van der Waals surface area contributed by atoms with Crippen molar-refractivity contribution in [2.75, 3.05) is 33.8 Å². The van der Waals surface area contributed by atoms with Crippen LogP contribution in [0.3, 0.4) is 0 Å². The summed E-state index contributed by atoms with van der Waals surface area (Å²) in [5.41, 5.74) is 0. The Balaban J connectivity index is 2.11. The van der Waals surface area contributed by atoms with Gasteiger partial charge in [0, 0.05) is 25.7 Å². The van der Waals surface area contributed by atoms with Crippen LogP contribution >= 0.6 is 0 Å². The molecular formula is C18H37N3O2. The smallest absolute Gasteiger partial charge is 0.315 e. The van der Waals surface area contributed by atoms with Crippen LogP contribution in [0.1, 0.15) is 58.8 Å². The van der Waals surface area contributed by atoms with Crippen molar-refractivity contribution in [3.63, 3.8) is 0 Å². The summed E-state index contributed by atoms with van der Waals surface area (Å²) in [5.74, 6) is 0.573. The first kappa shape index (κ1) is 20.2. The number of nitrogens with one attached hydrogen (secondary N) is 2. The topological polar surface area (TPSA) is 53.6 Å². The normalized spacial score (nSPS) is 17.5. The lowest BCUT2D eigenvalue weighted by molar-refractivity contribution is 0.0275. The molecule has 1 fully saturated rings. The summed E-state index contributed by atoms with van der Waals surface area (Å²) in [5, 5.41) is 6.04. The molecule has 0 heterocycles. The van der Waals surface area contributed by atoms with Crippen molar-refractivity contribution in [1.82, 2.24) is 15.5 Å². The summed E-state index contributed by atoms with van der Waals surface area (Å²) in [6.07, 6.45) is 8.69. The van der Waals surface area contributed by atoms with Crippen LogP contribution < -0.4 is 10.6 Å². The molecule has 0 aromatic carbocycles. The highest BCUT2D eigenvalue weighted by Crippen LogP contribution is 2.20. The second-order valence-corrected chi connectivity index (χ2v) is 7.47. The molecule has 1 atom stereocenters. The van der Waals surface area contributed by atoms with Crippen LogP contribution in [0.15, 0.2) is 0 Å². The third-order valence-electron chi connectivity index (χ3n) is 4.19. The van der Waals surface area contributed by atoms with Gasteiger partial charge in [-0.2, -0.15) is 0 Å². The summed E-state index contributed by atoms with van der Waals surface area (Å²) in [6, 6.07) is 0.138. The monoisotopic (exact) mass is 327 g/mol. The molecule has 0 aromatic rings. The number of carbonyl (C=O) groups excluding carboxylic acids is 1.